The number of ether oxygens (including phenoxy) is 1. The molecule has 2 amide bonds. The van der Waals surface area contributed by atoms with Crippen molar-refractivity contribution in [3.63, 3.8) is 0 Å². The molecule has 0 radical (unpaired) electrons. The monoisotopic (exact) mass is 231 g/mol. The van der Waals surface area contributed by atoms with Crippen LogP contribution in [-0.4, -0.2) is 37.1 Å². The highest BCUT2D eigenvalue weighted by atomic mass is 16.5. The molecule has 0 saturated heterocycles. The molecule has 0 saturated carbocycles. The molecule has 5 N–H and O–H groups in total. The number of hydrogen-bond acceptors (Lipinski definition) is 4. The second-order valence-electron chi connectivity index (χ2n) is 4.37. The zero-order valence-electron chi connectivity index (χ0n) is 10.1. The highest BCUT2D eigenvalue weighted by molar-refractivity contribution is 5.80. The lowest BCUT2D eigenvalue weighted by Gasteiger charge is -2.25. The number of amides is 2. The van der Waals surface area contributed by atoms with Gasteiger partial charge in [0.05, 0.1) is 12.5 Å². The molecule has 0 fully saturated rings. The van der Waals surface area contributed by atoms with E-state index >= 15 is 0 Å². The Kier molecular flexibility index (Phi) is 5.98. The molecule has 1 atom stereocenters. The first kappa shape index (κ1) is 14.9. The predicted octanol–water partition coefficient (Wildman–Crippen LogP) is -0.880. The SMILES string of the molecule is COC(CN)CC(=O)NC(C)(C)CC(N)=O. The number of rotatable bonds is 7. The van der Waals surface area contributed by atoms with Crippen molar-refractivity contribution in [1.82, 2.24) is 5.32 Å². The molecular weight excluding hydrogens is 210 g/mol. The molecule has 6 nitrogen and oxygen atoms in total. The number of carbonyl (C=O) groups is 2. The van der Waals surface area contributed by atoms with Crippen LogP contribution in [0, 0.1) is 0 Å². The van der Waals surface area contributed by atoms with E-state index in [4.69, 9.17) is 16.2 Å². The molecule has 1 unspecified atom stereocenters. The van der Waals surface area contributed by atoms with Gasteiger partial charge in [0, 0.05) is 25.6 Å². The third-order valence-electron chi connectivity index (χ3n) is 2.10. The second kappa shape index (κ2) is 6.44. The Labute approximate surface area is 95.7 Å². The summed E-state index contributed by atoms with van der Waals surface area (Å²) in [6.45, 7) is 3.75. The first-order valence-electron chi connectivity index (χ1n) is 5.13. The lowest BCUT2D eigenvalue weighted by Crippen LogP contribution is -2.47. The normalized spacial score (nSPS) is 13.2. The molecule has 0 aliphatic heterocycles. The summed E-state index contributed by atoms with van der Waals surface area (Å²) in [4.78, 5) is 22.3. The zero-order chi connectivity index (χ0) is 12.8. The van der Waals surface area contributed by atoms with Gasteiger partial charge >= 0.3 is 0 Å². The summed E-state index contributed by atoms with van der Waals surface area (Å²) in [5.41, 5.74) is 9.83. The first-order chi connectivity index (χ1) is 7.30. The fourth-order valence-corrected chi connectivity index (χ4v) is 1.38. The Morgan fingerprint density at radius 3 is 2.38 bits per heavy atom. The Morgan fingerprint density at radius 2 is 2.00 bits per heavy atom. The largest absolute Gasteiger partial charge is 0.380 e. The first-order valence-corrected chi connectivity index (χ1v) is 5.13. The maximum Gasteiger partial charge on any atom is 0.223 e. The molecule has 0 heterocycles. The fraction of sp³-hybridized carbons (Fsp3) is 0.800. The molecule has 94 valence electrons. The van der Waals surface area contributed by atoms with Crippen molar-refractivity contribution < 1.29 is 14.3 Å². The number of nitrogens with one attached hydrogen (secondary N) is 1. The van der Waals surface area contributed by atoms with Crippen molar-refractivity contribution in [2.45, 2.75) is 38.3 Å². The van der Waals surface area contributed by atoms with Crippen molar-refractivity contribution in [2.24, 2.45) is 11.5 Å². The van der Waals surface area contributed by atoms with Crippen molar-refractivity contribution in [2.75, 3.05) is 13.7 Å². The van der Waals surface area contributed by atoms with Gasteiger partial charge in [-0.05, 0) is 13.8 Å². The quantitative estimate of drug-likeness (QED) is 0.528. The summed E-state index contributed by atoms with van der Waals surface area (Å²) in [6.07, 6.45) is -0.0295. The lowest BCUT2D eigenvalue weighted by molar-refractivity contribution is -0.125. The van der Waals surface area contributed by atoms with Crippen LogP contribution in [0.5, 0.6) is 0 Å². The summed E-state index contributed by atoms with van der Waals surface area (Å²) < 4.78 is 4.99. The molecule has 0 spiro atoms. The van der Waals surface area contributed by atoms with E-state index in [1.54, 1.807) is 13.8 Å². The summed E-state index contributed by atoms with van der Waals surface area (Å²) in [5, 5.41) is 2.71. The molecule has 0 aliphatic rings. The Hall–Kier alpha value is -1.14. The van der Waals surface area contributed by atoms with E-state index in [1.165, 1.54) is 7.11 Å². The third-order valence-corrected chi connectivity index (χ3v) is 2.10. The average molecular weight is 231 g/mol. The minimum absolute atomic E-state index is 0.0962. The topological polar surface area (TPSA) is 107 Å². The Bertz CT molecular complexity index is 250. The Balaban J connectivity index is 4.17. The standard InChI is InChI=1S/C10H21N3O3/c1-10(2,5-8(12)14)13-9(15)4-7(6-11)16-3/h7H,4-6,11H2,1-3H3,(H2,12,14)(H,13,15). The minimum Gasteiger partial charge on any atom is -0.380 e. The van der Waals surface area contributed by atoms with Gasteiger partial charge in [-0.2, -0.15) is 0 Å². The van der Waals surface area contributed by atoms with Crippen LogP contribution in [0.25, 0.3) is 0 Å². The van der Waals surface area contributed by atoms with Crippen LogP contribution in [0.1, 0.15) is 26.7 Å². The van der Waals surface area contributed by atoms with Crippen molar-refractivity contribution in [1.29, 1.82) is 0 Å². The van der Waals surface area contributed by atoms with E-state index in [9.17, 15) is 9.59 Å². The van der Waals surface area contributed by atoms with Gasteiger partial charge in [0.15, 0.2) is 0 Å². The molecule has 0 bridgehead atoms. The molecule has 0 aromatic heterocycles. The van der Waals surface area contributed by atoms with Gasteiger partial charge in [-0.1, -0.05) is 0 Å². The van der Waals surface area contributed by atoms with E-state index in [-0.39, 0.29) is 31.4 Å². The highest BCUT2D eigenvalue weighted by Gasteiger charge is 2.23. The fourth-order valence-electron chi connectivity index (χ4n) is 1.38. The molecule has 0 aliphatic carbocycles. The summed E-state index contributed by atoms with van der Waals surface area (Å²) >= 11 is 0. The molecule has 16 heavy (non-hydrogen) atoms. The number of hydrogen-bond donors (Lipinski definition) is 3. The summed E-state index contributed by atoms with van der Waals surface area (Å²) in [7, 11) is 1.50. The van der Waals surface area contributed by atoms with E-state index in [0.29, 0.717) is 0 Å². The van der Waals surface area contributed by atoms with Gasteiger partial charge in [0.25, 0.3) is 0 Å². The van der Waals surface area contributed by atoms with Gasteiger partial charge in [0.2, 0.25) is 11.8 Å². The van der Waals surface area contributed by atoms with Crippen LogP contribution in [0.3, 0.4) is 0 Å². The zero-order valence-corrected chi connectivity index (χ0v) is 10.1. The number of nitrogens with two attached hydrogens (primary N) is 2. The van der Waals surface area contributed by atoms with E-state index in [2.05, 4.69) is 5.32 Å². The molecule has 0 rings (SSSR count). The second-order valence-corrected chi connectivity index (χ2v) is 4.37. The molecule has 6 heteroatoms. The van der Waals surface area contributed by atoms with Crippen LogP contribution < -0.4 is 16.8 Å². The minimum atomic E-state index is -0.643. The van der Waals surface area contributed by atoms with Gasteiger partial charge < -0.3 is 21.5 Å². The van der Waals surface area contributed by atoms with Gasteiger partial charge in [-0.25, -0.2) is 0 Å². The molecule has 0 aromatic rings. The van der Waals surface area contributed by atoms with E-state index < -0.39 is 11.4 Å². The van der Waals surface area contributed by atoms with Crippen molar-refractivity contribution >= 4 is 11.8 Å². The van der Waals surface area contributed by atoms with E-state index in [1.807, 2.05) is 0 Å². The average Bonchev–Trinajstić information content (AvgIpc) is 2.10. The van der Waals surface area contributed by atoms with E-state index in [0.717, 1.165) is 0 Å². The van der Waals surface area contributed by atoms with Crippen molar-refractivity contribution in [3.05, 3.63) is 0 Å². The molecule has 0 aromatic carbocycles. The van der Waals surface area contributed by atoms with Crippen molar-refractivity contribution in [3.8, 4) is 0 Å². The van der Waals surface area contributed by atoms with Crippen LogP contribution in [0.2, 0.25) is 0 Å². The van der Waals surface area contributed by atoms with Crippen LogP contribution >= 0.6 is 0 Å². The summed E-state index contributed by atoms with van der Waals surface area (Å²) in [6, 6.07) is 0. The third kappa shape index (κ3) is 6.36. The lowest BCUT2D eigenvalue weighted by atomic mass is 10.00. The smallest absolute Gasteiger partial charge is 0.223 e. The maximum absolute atomic E-state index is 11.6. The molecular formula is C10H21N3O3. The number of methoxy groups -OCH3 is 1. The number of primary amides is 1. The van der Waals surface area contributed by atoms with Crippen LogP contribution in [0.15, 0.2) is 0 Å². The van der Waals surface area contributed by atoms with Gasteiger partial charge in [-0.3, -0.25) is 9.59 Å². The highest BCUT2D eigenvalue weighted by Crippen LogP contribution is 2.08. The number of carbonyl (C=O) groups excluding carboxylic acids is 2. The van der Waals surface area contributed by atoms with Gasteiger partial charge in [0.1, 0.15) is 0 Å². The van der Waals surface area contributed by atoms with Crippen LogP contribution in [0.4, 0.5) is 0 Å². The predicted molar refractivity (Wildman–Crippen MR) is 60.5 cm³/mol. The summed E-state index contributed by atoms with van der Waals surface area (Å²) in [5.74, 6) is -0.657. The van der Waals surface area contributed by atoms with Crippen LogP contribution in [-0.2, 0) is 14.3 Å². The van der Waals surface area contributed by atoms with Gasteiger partial charge in [-0.15, -0.1) is 0 Å². The maximum atomic E-state index is 11.6. The Morgan fingerprint density at radius 1 is 1.44 bits per heavy atom.